The second-order valence-electron chi connectivity index (χ2n) is 4.42. The topological polar surface area (TPSA) is 110 Å². The Bertz CT molecular complexity index is 325. The minimum Gasteiger partial charge on any atom is -0.480 e. The van der Waals surface area contributed by atoms with Crippen molar-refractivity contribution in [3.63, 3.8) is 0 Å². The molecule has 1 saturated heterocycles. The van der Waals surface area contributed by atoms with E-state index in [1.54, 1.807) is 0 Å². The van der Waals surface area contributed by atoms with Crippen molar-refractivity contribution in [2.24, 2.45) is 0 Å². The molecule has 0 bridgehead atoms. The number of carboxylic acids is 2. The quantitative estimate of drug-likeness (QED) is 0.563. The van der Waals surface area contributed by atoms with Gasteiger partial charge in [-0.1, -0.05) is 0 Å². The van der Waals surface area contributed by atoms with Crippen molar-refractivity contribution in [1.29, 1.82) is 0 Å². The van der Waals surface area contributed by atoms with Crippen LogP contribution in [0.3, 0.4) is 0 Å². The minimum absolute atomic E-state index is 0.384. The Labute approximate surface area is 111 Å². The van der Waals surface area contributed by atoms with E-state index in [0.717, 1.165) is 30.8 Å². The summed E-state index contributed by atoms with van der Waals surface area (Å²) in [6.07, 6.45) is 2.30. The van der Waals surface area contributed by atoms with Crippen molar-refractivity contribution in [2.45, 2.75) is 12.8 Å². The Morgan fingerprint density at radius 2 is 1.58 bits per heavy atom. The van der Waals surface area contributed by atoms with Crippen LogP contribution in [-0.4, -0.2) is 77.3 Å². The highest BCUT2D eigenvalue weighted by Crippen LogP contribution is 2.05. The second-order valence-corrected chi connectivity index (χ2v) is 4.42. The van der Waals surface area contributed by atoms with Crippen LogP contribution in [0, 0.1) is 0 Å². The molecular weight excluding hydrogens is 254 g/mol. The second kappa shape index (κ2) is 7.57. The number of nitrogens with one attached hydrogen (secondary N) is 1. The maximum absolute atomic E-state index is 11.7. The SMILES string of the molecule is O=C(O)CN(CC(=O)O)C(=O)NCCN1CCCC1. The highest BCUT2D eigenvalue weighted by molar-refractivity contribution is 5.84. The number of carboxylic acid groups (broad SMARTS) is 2. The maximum Gasteiger partial charge on any atom is 0.323 e. The summed E-state index contributed by atoms with van der Waals surface area (Å²) < 4.78 is 0. The highest BCUT2D eigenvalue weighted by atomic mass is 16.4. The molecule has 1 aliphatic heterocycles. The van der Waals surface area contributed by atoms with Crippen molar-refractivity contribution in [3.05, 3.63) is 0 Å². The van der Waals surface area contributed by atoms with Crippen LogP contribution in [0.4, 0.5) is 4.79 Å². The summed E-state index contributed by atoms with van der Waals surface area (Å²) in [5, 5.41) is 19.8. The Hall–Kier alpha value is -1.83. The van der Waals surface area contributed by atoms with Crippen LogP contribution in [0.15, 0.2) is 0 Å². The Kier molecular flexibility index (Phi) is 6.07. The van der Waals surface area contributed by atoms with Gasteiger partial charge in [0.1, 0.15) is 13.1 Å². The smallest absolute Gasteiger partial charge is 0.323 e. The number of hydrogen-bond acceptors (Lipinski definition) is 4. The van der Waals surface area contributed by atoms with Gasteiger partial charge in [-0.3, -0.25) is 9.59 Å². The first kappa shape index (κ1) is 15.2. The minimum atomic E-state index is -1.24. The van der Waals surface area contributed by atoms with Gasteiger partial charge in [-0.2, -0.15) is 0 Å². The van der Waals surface area contributed by atoms with E-state index >= 15 is 0 Å². The summed E-state index contributed by atoms with van der Waals surface area (Å²) in [6.45, 7) is 1.84. The number of carbonyl (C=O) groups is 3. The lowest BCUT2D eigenvalue weighted by Crippen LogP contribution is -2.46. The number of hydrogen-bond donors (Lipinski definition) is 3. The molecule has 8 nitrogen and oxygen atoms in total. The number of nitrogens with zero attached hydrogens (tertiary/aromatic N) is 2. The van der Waals surface area contributed by atoms with E-state index in [9.17, 15) is 14.4 Å². The molecule has 1 fully saturated rings. The van der Waals surface area contributed by atoms with Gasteiger partial charge in [-0.05, 0) is 25.9 Å². The van der Waals surface area contributed by atoms with E-state index in [1.165, 1.54) is 0 Å². The third-order valence-electron chi connectivity index (χ3n) is 2.84. The molecule has 0 unspecified atom stereocenters. The zero-order chi connectivity index (χ0) is 14.3. The molecular formula is C11H19N3O5. The molecule has 3 N–H and O–H groups in total. The lowest BCUT2D eigenvalue weighted by atomic mass is 10.4. The Morgan fingerprint density at radius 3 is 2.05 bits per heavy atom. The summed E-state index contributed by atoms with van der Waals surface area (Å²) >= 11 is 0. The molecule has 0 radical (unpaired) electrons. The largest absolute Gasteiger partial charge is 0.480 e. The van der Waals surface area contributed by atoms with Crippen LogP contribution in [0.5, 0.6) is 0 Å². The van der Waals surface area contributed by atoms with Crippen LogP contribution in [0.25, 0.3) is 0 Å². The molecule has 0 atom stereocenters. The first-order valence-electron chi connectivity index (χ1n) is 6.17. The van der Waals surface area contributed by atoms with Gasteiger partial charge in [0.15, 0.2) is 0 Å². The summed E-state index contributed by atoms with van der Waals surface area (Å²) in [5.74, 6) is -2.48. The molecule has 0 saturated carbocycles. The zero-order valence-corrected chi connectivity index (χ0v) is 10.7. The van der Waals surface area contributed by atoms with Gasteiger partial charge in [0.2, 0.25) is 0 Å². The van der Waals surface area contributed by atoms with Gasteiger partial charge in [0.25, 0.3) is 0 Å². The summed E-state index contributed by atoms with van der Waals surface area (Å²) in [6, 6.07) is -0.663. The van der Waals surface area contributed by atoms with Crippen molar-refractivity contribution in [2.75, 3.05) is 39.3 Å². The highest BCUT2D eigenvalue weighted by Gasteiger charge is 2.19. The molecule has 1 aliphatic rings. The van der Waals surface area contributed by atoms with Crippen LogP contribution < -0.4 is 5.32 Å². The number of aliphatic carboxylic acids is 2. The third kappa shape index (κ3) is 6.05. The van der Waals surface area contributed by atoms with Gasteiger partial charge in [0, 0.05) is 13.1 Å². The fraction of sp³-hybridized carbons (Fsp3) is 0.727. The van der Waals surface area contributed by atoms with E-state index in [-0.39, 0.29) is 0 Å². The van der Waals surface area contributed by atoms with Crippen LogP contribution in [0.1, 0.15) is 12.8 Å². The van der Waals surface area contributed by atoms with Gasteiger partial charge in [0.05, 0.1) is 0 Å². The molecule has 1 heterocycles. The summed E-state index contributed by atoms with van der Waals surface area (Å²) in [4.78, 5) is 35.7. The predicted molar refractivity (Wildman–Crippen MR) is 65.9 cm³/mol. The molecule has 19 heavy (non-hydrogen) atoms. The standard InChI is InChI=1S/C11H19N3O5/c15-9(16)7-14(8-10(17)18)11(19)12-3-6-13-4-1-2-5-13/h1-8H2,(H,12,19)(H,15,16)(H,17,18). The fourth-order valence-electron chi connectivity index (χ4n) is 1.97. The van der Waals surface area contributed by atoms with E-state index in [1.807, 2.05) is 0 Å². The van der Waals surface area contributed by atoms with Gasteiger partial charge in [-0.25, -0.2) is 4.79 Å². The lowest BCUT2D eigenvalue weighted by Gasteiger charge is -2.20. The molecule has 0 aliphatic carbocycles. The first-order valence-corrected chi connectivity index (χ1v) is 6.17. The number of likely N-dealkylation sites (tertiary alicyclic amines) is 1. The molecule has 0 spiro atoms. The van der Waals surface area contributed by atoms with Crippen molar-refractivity contribution >= 4 is 18.0 Å². The third-order valence-corrected chi connectivity index (χ3v) is 2.84. The van der Waals surface area contributed by atoms with E-state index in [2.05, 4.69) is 10.2 Å². The van der Waals surface area contributed by atoms with E-state index in [4.69, 9.17) is 10.2 Å². The Balaban J connectivity index is 2.33. The number of carbonyl (C=O) groups excluding carboxylic acids is 1. The molecule has 0 aromatic carbocycles. The fourth-order valence-corrected chi connectivity index (χ4v) is 1.97. The average molecular weight is 273 g/mol. The van der Waals surface area contributed by atoms with Crippen molar-refractivity contribution in [1.82, 2.24) is 15.1 Å². The predicted octanol–water partition coefficient (Wildman–Crippen LogP) is -0.737. The monoisotopic (exact) mass is 273 g/mol. The van der Waals surface area contributed by atoms with Gasteiger partial charge < -0.3 is 25.3 Å². The maximum atomic E-state index is 11.7. The summed E-state index contributed by atoms with van der Waals surface area (Å²) in [5.41, 5.74) is 0. The molecule has 108 valence electrons. The van der Waals surface area contributed by atoms with E-state index < -0.39 is 31.1 Å². The number of amides is 2. The number of urea groups is 1. The molecule has 2 amide bonds. The molecule has 0 aromatic heterocycles. The van der Waals surface area contributed by atoms with Gasteiger partial charge >= 0.3 is 18.0 Å². The van der Waals surface area contributed by atoms with Gasteiger partial charge in [-0.15, -0.1) is 0 Å². The molecule has 8 heteroatoms. The van der Waals surface area contributed by atoms with Crippen LogP contribution >= 0.6 is 0 Å². The molecule has 0 aromatic rings. The van der Waals surface area contributed by atoms with Crippen molar-refractivity contribution < 1.29 is 24.6 Å². The molecule has 1 rings (SSSR count). The average Bonchev–Trinajstić information content (AvgIpc) is 2.79. The summed E-state index contributed by atoms with van der Waals surface area (Å²) in [7, 11) is 0. The normalized spacial score (nSPS) is 15.2. The lowest BCUT2D eigenvalue weighted by molar-refractivity contribution is -0.140. The Morgan fingerprint density at radius 1 is 1.05 bits per heavy atom. The van der Waals surface area contributed by atoms with Crippen LogP contribution in [-0.2, 0) is 9.59 Å². The number of rotatable bonds is 7. The van der Waals surface area contributed by atoms with Crippen molar-refractivity contribution in [3.8, 4) is 0 Å². The van der Waals surface area contributed by atoms with Crippen LogP contribution in [0.2, 0.25) is 0 Å². The zero-order valence-electron chi connectivity index (χ0n) is 10.7. The van der Waals surface area contributed by atoms with E-state index in [0.29, 0.717) is 13.1 Å². The first-order chi connectivity index (χ1) is 8.99.